The van der Waals surface area contributed by atoms with Crippen LogP contribution >= 0.6 is 0 Å². The molecule has 114 valence electrons. The molecule has 6 nitrogen and oxygen atoms in total. The van der Waals surface area contributed by atoms with E-state index in [2.05, 4.69) is 5.32 Å². The summed E-state index contributed by atoms with van der Waals surface area (Å²) in [6, 6.07) is 5.42. The normalized spacial score (nSPS) is 21.3. The zero-order chi connectivity index (χ0) is 15.6. The Morgan fingerprint density at radius 1 is 1.38 bits per heavy atom. The molecule has 21 heavy (non-hydrogen) atoms. The summed E-state index contributed by atoms with van der Waals surface area (Å²) in [5.41, 5.74) is 1.44. The first kappa shape index (κ1) is 15.3. The molecule has 0 bridgehead atoms. The van der Waals surface area contributed by atoms with Gasteiger partial charge in [0, 0.05) is 24.4 Å². The van der Waals surface area contributed by atoms with Crippen LogP contribution in [0.3, 0.4) is 0 Å². The number of benzene rings is 1. The predicted octanol–water partition coefficient (Wildman–Crippen LogP) is 1.14. The van der Waals surface area contributed by atoms with Crippen LogP contribution in [0.2, 0.25) is 0 Å². The van der Waals surface area contributed by atoms with Gasteiger partial charge in [0.05, 0.1) is 5.56 Å². The molecule has 0 fully saturated rings. The average Bonchev–Trinajstić information content (AvgIpc) is 2.74. The molecule has 1 heterocycles. The third-order valence-electron chi connectivity index (χ3n) is 3.78. The lowest BCUT2D eigenvalue weighted by Crippen LogP contribution is -2.30. The summed E-state index contributed by atoms with van der Waals surface area (Å²) >= 11 is 0. The van der Waals surface area contributed by atoms with E-state index in [0.29, 0.717) is 11.3 Å². The van der Waals surface area contributed by atoms with Gasteiger partial charge >= 0.3 is 5.97 Å². The number of nitrogens with one attached hydrogen (secondary N) is 1. The Bertz CT molecular complexity index is 557. The second kappa shape index (κ2) is 6.13. The number of amides is 1. The van der Waals surface area contributed by atoms with E-state index in [1.54, 1.807) is 12.1 Å². The number of aliphatic hydroxyl groups excluding tert-OH is 1. The van der Waals surface area contributed by atoms with Gasteiger partial charge in [-0.05, 0) is 13.0 Å². The van der Waals surface area contributed by atoms with Crippen molar-refractivity contribution in [3.8, 4) is 5.75 Å². The van der Waals surface area contributed by atoms with E-state index >= 15 is 0 Å². The first-order valence-corrected chi connectivity index (χ1v) is 6.90. The minimum Gasteiger partial charge on any atom is -0.489 e. The molecule has 0 aromatic heterocycles. The van der Waals surface area contributed by atoms with Crippen LogP contribution in [0.4, 0.5) is 0 Å². The highest BCUT2D eigenvalue weighted by Gasteiger charge is 2.31. The monoisotopic (exact) mass is 293 g/mol. The molecule has 1 aromatic carbocycles. The molecule has 1 aliphatic heterocycles. The second-order valence-corrected chi connectivity index (χ2v) is 5.23. The van der Waals surface area contributed by atoms with Gasteiger partial charge in [0.1, 0.15) is 11.9 Å². The molecule has 1 aromatic rings. The summed E-state index contributed by atoms with van der Waals surface area (Å²) in [5.74, 6) is -0.808. The van der Waals surface area contributed by atoms with Gasteiger partial charge in [0.25, 0.3) is 5.91 Å². The predicted molar refractivity (Wildman–Crippen MR) is 75.5 cm³/mol. The standard InChI is InChI=1S/C15H19NO5/c1-8-9(2)21-13-10(8)4-3-5-11(13)14(18)16-7-6-12(17)15(19)20/h3-5,8-9,12,17H,6-7H2,1-2H3,(H,16,18)(H,19,20). The van der Waals surface area contributed by atoms with Crippen molar-refractivity contribution < 1.29 is 24.5 Å². The zero-order valence-electron chi connectivity index (χ0n) is 12.0. The summed E-state index contributed by atoms with van der Waals surface area (Å²) < 4.78 is 5.73. The van der Waals surface area contributed by atoms with Crippen molar-refractivity contribution in [1.29, 1.82) is 0 Å². The van der Waals surface area contributed by atoms with Crippen molar-refractivity contribution >= 4 is 11.9 Å². The number of ether oxygens (including phenoxy) is 1. The summed E-state index contributed by atoms with van der Waals surface area (Å²) in [4.78, 5) is 22.6. The van der Waals surface area contributed by atoms with E-state index in [4.69, 9.17) is 14.9 Å². The van der Waals surface area contributed by atoms with Crippen molar-refractivity contribution in [3.05, 3.63) is 29.3 Å². The van der Waals surface area contributed by atoms with E-state index in [-0.39, 0.29) is 30.9 Å². The third kappa shape index (κ3) is 3.16. The molecular weight excluding hydrogens is 274 g/mol. The average molecular weight is 293 g/mol. The summed E-state index contributed by atoms with van der Waals surface area (Å²) in [7, 11) is 0. The smallest absolute Gasteiger partial charge is 0.332 e. The zero-order valence-corrected chi connectivity index (χ0v) is 12.0. The molecule has 3 unspecified atom stereocenters. The summed E-state index contributed by atoms with van der Waals surface area (Å²) in [5, 5.41) is 20.3. The molecule has 0 spiro atoms. The Hall–Kier alpha value is -2.08. The number of aliphatic carboxylic acids is 1. The Balaban J connectivity index is 2.03. The van der Waals surface area contributed by atoms with Gasteiger partial charge in [0.2, 0.25) is 0 Å². The fraction of sp³-hybridized carbons (Fsp3) is 0.467. The molecule has 3 N–H and O–H groups in total. The summed E-state index contributed by atoms with van der Waals surface area (Å²) in [6.07, 6.45) is -1.49. The van der Waals surface area contributed by atoms with Gasteiger partial charge in [-0.2, -0.15) is 0 Å². The lowest BCUT2D eigenvalue weighted by atomic mass is 9.97. The molecule has 0 saturated carbocycles. The third-order valence-corrected chi connectivity index (χ3v) is 3.78. The highest BCUT2D eigenvalue weighted by Crippen LogP contribution is 2.40. The molecule has 1 aliphatic rings. The molecule has 2 rings (SSSR count). The van der Waals surface area contributed by atoms with Crippen LogP contribution in [0, 0.1) is 0 Å². The first-order chi connectivity index (χ1) is 9.91. The molecule has 0 aliphatic carbocycles. The number of hydrogen-bond acceptors (Lipinski definition) is 4. The van der Waals surface area contributed by atoms with Crippen LogP contribution < -0.4 is 10.1 Å². The molecule has 1 amide bonds. The second-order valence-electron chi connectivity index (χ2n) is 5.23. The van der Waals surface area contributed by atoms with Crippen LogP contribution in [0.15, 0.2) is 18.2 Å². The molecular formula is C15H19NO5. The maximum Gasteiger partial charge on any atom is 0.332 e. The number of carboxylic acid groups (broad SMARTS) is 1. The van der Waals surface area contributed by atoms with Crippen molar-refractivity contribution in [2.75, 3.05) is 6.54 Å². The Kier molecular flexibility index (Phi) is 4.47. The minimum absolute atomic E-state index is 0.0165. The number of para-hydroxylation sites is 1. The molecule has 0 saturated heterocycles. The Labute approximate surface area is 122 Å². The van der Waals surface area contributed by atoms with Gasteiger partial charge < -0.3 is 20.3 Å². The lowest BCUT2D eigenvalue weighted by molar-refractivity contribution is -0.146. The van der Waals surface area contributed by atoms with E-state index in [0.717, 1.165) is 5.56 Å². The number of fused-ring (bicyclic) bond motifs is 1. The van der Waals surface area contributed by atoms with E-state index in [1.165, 1.54) is 0 Å². The number of hydrogen-bond donors (Lipinski definition) is 3. The van der Waals surface area contributed by atoms with Crippen LogP contribution in [0.1, 0.15) is 42.1 Å². The van der Waals surface area contributed by atoms with Crippen molar-refractivity contribution in [3.63, 3.8) is 0 Å². The van der Waals surface area contributed by atoms with Crippen LogP contribution in [-0.2, 0) is 4.79 Å². The highest BCUT2D eigenvalue weighted by molar-refractivity contribution is 5.97. The largest absolute Gasteiger partial charge is 0.489 e. The molecule has 3 atom stereocenters. The summed E-state index contributed by atoms with van der Waals surface area (Å²) in [6.45, 7) is 4.08. The van der Waals surface area contributed by atoms with Crippen LogP contribution in [0.25, 0.3) is 0 Å². The van der Waals surface area contributed by atoms with Gasteiger partial charge in [0.15, 0.2) is 6.10 Å². The van der Waals surface area contributed by atoms with Crippen molar-refractivity contribution in [1.82, 2.24) is 5.32 Å². The minimum atomic E-state index is -1.47. The van der Waals surface area contributed by atoms with Gasteiger partial charge in [-0.25, -0.2) is 4.79 Å². The van der Waals surface area contributed by atoms with E-state index < -0.39 is 12.1 Å². The fourth-order valence-electron chi connectivity index (χ4n) is 2.31. The van der Waals surface area contributed by atoms with E-state index in [9.17, 15) is 9.59 Å². The number of carbonyl (C=O) groups excluding carboxylic acids is 1. The number of carboxylic acids is 1. The van der Waals surface area contributed by atoms with Crippen LogP contribution in [-0.4, -0.2) is 40.8 Å². The fourth-order valence-corrected chi connectivity index (χ4v) is 2.31. The quantitative estimate of drug-likeness (QED) is 0.756. The molecule has 0 radical (unpaired) electrons. The SMILES string of the molecule is CC1Oc2c(C(=O)NCCC(O)C(=O)O)cccc2C1C. The van der Waals surface area contributed by atoms with E-state index in [1.807, 2.05) is 19.9 Å². The maximum atomic E-state index is 12.1. The molecule has 6 heteroatoms. The Morgan fingerprint density at radius 3 is 2.76 bits per heavy atom. The van der Waals surface area contributed by atoms with Crippen LogP contribution in [0.5, 0.6) is 5.75 Å². The van der Waals surface area contributed by atoms with Gasteiger partial charge in [-0.1, -0.05) is 19.1 Å². The number of rotatable bonds is 5. The van der Waals surface area contributed by atoms with Crippen molar-refractivity contribution in [2.24, 2.45) is 0 Å². The Morgan fingerprint density at radius 2 is 2.10 bits per heavy atom. The number of aliphatic hydroxyl groups is 1. The maximum absolute atomic E-state index is 12.1. The van der Waals surface area contributed by atoms with Gasteiger partial charge in [-0.3, -0.25) is 4.79 Å². The highest BCUT2D eigenvalue weighted by atomic mass is 16.5. The van der Waals surface area contributed by atoms with Gasteiger partial charge in [-0.15, -0.1) is 0 Å². The first-order valence-electron chi connectivity index (χ1n) is 6.90. The topological polar surface area (TPSA) is 95.9 Å². The van der Waals surface area contributed by atoms with Crippen molar-refractivity contribution in [2.45, 2.75) is 38.4 Å². The number of carbonyl (C=O) groups is 2. The lowest BCUT2D eigenvalue weighted by Gasteiger charge is -2.10.